The van der Waals surface area contributed by atoms with Crippen molar-refractivity contribution in [3.8, 4) is 11.5 Å². The van der Waals surface area contributed by atoms with Crippen molar-refractivity contribution in [1.82, 2.24) is 19.6 Å². The van der Waals surface area contributed by atoms with Crippen LogP contribution in [-0.4, -0.2) is 19.6 Å². The molecule has 0 atom stereocenters. The molecular weight excluding hydrogens is 320 g/mol. The van der Waals surface area contributed by atoms with Crippen molar-refractivity contribution >= 4 is 17.4 Å². The minimum atomic E-state index is 0.551. The average Bonchev–Trinajstić information content (AvgIpc) is 3.21. The Morgan fingerprint density at radius 1 is 1.08 bits per heavy atom. The van der Waals surface area contributed by atoms with Gasteiger partial charge in [0.15, 0.2) is 0 Å². The van der Waals surface area contributed by atoms with E-state index in [2.05, 4.69) is 41.2 Å². The summed E-state index contributed by atoms with van der Waals surface area (Å²) in [7, 11) is 0. The quantitative estimate of drug-likeness (QED) is 0.520. The van der Waals surface area contributed by atoms with Gasteiger partial charge in [0.25, 0.3) is 5.22 Å². The normalized spacial score (nSPS) is 11.2. The van der Waals surface area contributed by atoms with Gasteiger partial charge < -0.3 is 8.82 Å². The van der Waals surface area contributed by atoms with Crippen molar-refractivity contribution in [2.45, 2.75) is 24.8 Å². The SMILES string of the molecule is Cc1ccc(-c2nnc(SCc3cn4ccccc4n3)o2)cc1C. The largest absolute Gasteiger partial charge is 0.411 e. The Balaban J connectivity index is 1.49. The maximum absolute atomic E-state index is 5.77. The lowest BCUT2D eigenvalue weighted by Gasteiger charge is -2.00. The van der Waals surface area contributed by atoms with Crippen LogP contribution in [0.15, 0.2) is 58.4 Å². The number of imidazole rings is 1. The highest BCUT2D eigenvalue weighted by Gasteiger charge is 2.11. The van der Waals surface area contributed by atoms with Crippen LogP contribution in [0.4, 0.5) is 0 Å². The number of rotatable bonds is 4. The van der Waals surface area contributed by atoms with Gasteiger partial charge in [0.2, 0.25) is 5.89 Å². The van der Waals surface area contributed by atoms with Crippen molar-refractivity contribution in [3.63, 3.8) is 0 Å². The fourth-order valence-corrected chi connectivity index (χ4v) is 3.10. The second kappa shape index (κ2) is 6.13. The molecule has 120 valence electrons. The van der Waals surface area contributed by atoms with Gasteiger partial charge in [0.05, 0.1) is 5.69 Å². The summed E-state index contributed by atoms with van der Waals surface area (Å²) < 4.78 is 7.77. The van der Waals surface area contributed by atoms with Gasteiger partial charge in [0.1, 0.15) is 5.65 Å². The van der Waals surface area contributed by atoms with Crippen LogP contribution in [-0.2, 0) is 5.75 Å². The van der Waals surface area contributed by atoms with E-state index in [0.29, 0.717) is 16.9 Å². The van der Waals surface area contributed by atoms with Crippen LogP contribution in [0.1, 0.15) is 16.8 Å². The van der Waals surface area contributed by atoms with Crippen LogP contribution >= 0.6 is 11.8 Å². The van der Waals surface area contributed by atoms with E-state index in [1.807, 2.05) is 41.1 Å². The first-order valence-electron chi connectivity index (χ1n) is 7.65. The Hall–Kier alpha value is -2.60. The minimum Gasteiger partial charge on any atom is -0.411 e. The zero-order chi connectivity index (χ0) is 16.5. The summed E-state index contributed by atoms with van der Waals surface area (Å²) in [5.74, 6) is 1.24. The number of aryl methyl sites for hydroxylation is 2. The van der Waals surface area contributed by atoms with Gasteiger partial charge in [-0.3, -0.25) is 0 Å². The van der Waals surface area contributed by atoms with Gasteiger partial charge >= 0.3 is 0 Å². The third-order valence-electron chi connectivity index (χ3n) is 3.92. The van der Waals surface area contributed by atoms with E-state index in [-0.39, 0.29) is 0 Å². The van der Waals surface area contributed by atoms with E-state index in [4.69, 9.17) is 4.42 Å². The molecule has 3 heterocycles. The predicted octanol–water partition coefficient (Wildman–Crippen LogP) is 4.29. The van der Waals surface area contributed by atoms with Gasteiger partial charge in [-0.25, -0.2) is 4.98 Å². The zero-order valence-electron chi connectivity index (χ0n) is 13.4. The van der Waals surface area contributed by atoms with Crippen LogP contribution in [0.5, 0.6) is 0 Å². The third-order valence-corrected chi connectivity index (χ3v) is 4.77. The lowest BCUT2D eigenvalue weighted by atomic mass is 10.1. The first kappa shape index (κ1) is 15.0. The molecule has 1 aromatic carbocycles. The molecule has 5 nitrogen and oxygen atoms in total. The molecule has 0 saturated carbocycles. The summed E-state index contributed by atoms with van der Waals surface area (Å²) in [6, 6.07) is 12.1. The second-order valence-electron chi connectivity index (χ2n) is 5.66. The van der Waals surface area contributed by atoms with Crippen LogP contribution in [0.2, 0.25) is 0 Å². The number of benzene rings is 1. The number of thioether (sulfide) groups is 1. The smallest absolute Gasteiger partial charge is 0.277 e. The number of fused-ring (bicyclic) bond motifs is 1. The molecule has 0 amide bonds. The molecule has 24 heavy (non-hydrogen) atoms. The molecule has 0 aliphatic rings. The summed E-state index contributed by atoms with van der Waals surface area (Å²) in [5, 5.41) is 8.83. The minimum absolute atomic E-state index is 0.551. The van der Waals surface area contributed by atoms with E-state index in [1.54, 1.807) is 0 Å². The Morgan fingerprint density at radius 3 is 2.83 bits per heavy atom. The first-order chi connectivity index (χ1) is 11.7. The molecule has 4 aromatic rings. The predicted molar refractivity (Wildman–Crippen MR) is 94.0 cm³/mol. The highest BCUT2D eigenvalue weighted by molar-refractivity contribution is 7.98. The van der Waals surface area contributed by atoms with Crippen molar-refractivity contribution in [1.29, 1.82) is 0 Å². The van der Waals surface area contributed by atoms with Gasteiger partial charge in [-0.1, -0.05) is 23.9 Å². The highest BCUT2D eigenvalue weighted by Crippen LogP contribution is 2.26. The standard InChI is InChI=1S/C18H16N4OS/c1-12-6-7-14(9-13(12)2)17-20-21-18(23-17)24-11-15-10-22-8-4-3-5-16(22)19-15/h3-10H,11H2,1-2H3. The molecule has 0 bridgehead atoms. The van der Waals surface area contributed by atoms with Gasteiger partial charge in [-0.2, -0.15) is 0 Å². The molecule has 0 fully saturated rings. The van der Waals surface area contributed by atoms with Gasteiger partial charge in [-0.05, 0) is 49.2 Å². The lowest BCUT2D eigenvalue weighted by molar-refractivity contribution is 0.466. The topological polar surface area (TPSA) is 56.2 Å². The second-order valence-corrected chi connectivity index (χ2v) is 6.59. The third kappa shape index (κ3) is 2.92. The van der Waals surface area contributed by atoms with Crippen molar-refractivity contribution < 1.29 is 4.42 Å². The lowest BCUT2D eigenvalue weighted by Crippen LogP contribution is -1.83. The number of nitrogens with zero attached hydrogens (tertiary/aromatic N) is 4. The summed E-state index contributed by atoms with van der Waals surface area (Å²) in [4.78, 5) is 4.57. The molecule has 0 saturated heterocycles. The van der Waals surface area contributed by atoms with E-state index in [0.717, 1.165) is 16.9 Å². The number of aromatic nitrogens is 4. The Labute approximate surface area is 143 Å². The number of pyridine rings is 1. The van der Waals surface area contributed by atoms with E-state index < -0.39 is 0 Å². The molecule has 0 radical (unpaired) electrons. The van der Waals surface area contributed by atoms with Crippen LogP contribution in [0, 0.1) is 13.8 Å². The molecule has 0 N–H and O–H groups in total. The van der Waals surface area contributed by atoms with E-state index >= 15 is 0 Å². The Morgan fingerprint density at radius 2 is 2.00 bits per heavy atom. The Kier molecular flexibility index (Phi) is 3.82. The van der Waals surface area contributed by atoms with Crippen LogP contribution < -0.4 is 0 Å². The first-order valence-corrected chi connectivity index (χ1v) is 8.64. The molecular formula is C18H16N4OS. The van der Waals surface area contributed by atoms with Crippen molar-refractivity contribution in [3.05, 3.63) is 65.6 Å². The number of hydrogen-bond donors (Lipinski definition) is 0. The monoisotopic (exact) mass is 336 g/mol. The van der Waals surface area contributed by atoms with Gasteiger partial charge in [0, 0.05) is 23.7 Å². The molecule has 3 aromatic heterocycles. The maximum atomic E-state index is 5.77. The fourth-order valence-electron chi connectivity index (χ4n) is 2.45. The molecule has 4 rings (SSSR count). The van der Waals surface area contributed by atoms with E-state index in [1.165, 1.54) is 22.9 Å². The van der Waals surface area contributed by atoms with Gasteiger partial charge in [-0.15, -0.1) is 10.2 Å². The number of hydrogen-bond acceptors (Lipinski definition) is 5. The molecule has 0 aliphatic heterocycles. The van der Waals surface area contributed by atoms with Crippen LogP contribution in [0.25, 0.3) is 17.1 Å². The molecule has 0 aliphatic carbocycles. The van der Waals surface area contributed by atoms with Crippen molar-refractivity contribution in [2.24, 2.45) is 0 Å². The maximum Gasteiger partial charge on any atom is 0.277 e. The van der Waals surface area contributed by atoms with E-state index in [9.17, 15) is 0 Å². The molecule has 0 unspecified atom stereocenters. The average molecular weight is 336 g/mol. The summed E-state index contributed by atoms with van der Waals surface area (Å²) >= 11 is 1.50. The molecule has 6 heteroatoms. The highest BCUT2D eigenvalue weighted by atomic mass is 32.2. The summed E-state index contributed by atoms with van der Waals surface area (Å²) in [5.41, 5.74) is 5.33. The summed E-state index contributed by atoms with van der Waals surface area (Å²) in [6.07, 6.45) is 4.00. The Bertz CT molecular complexity index is 972. The summed E-state index contributed by atoms with van der Waals surface area (Å²) in [6.45, 7) is 4.16. The molecule has 0 spiro atoms. The van der Waals surface area contributed by atoms with Crippen molar-refractivity contribution in [2.75, 3.05) is 0 Å². The fraction of sp³-hybridized carbons (Fsp3) is 0.167. The van der Waals surface area contributed by atoms with Crippen LogP contribution in [0.3, 0.4) is 0 Å². The zero-order valence-corrected chi connectivity index (χ0v) is 14.2.